The maximum absolute atomic E-state index is 11.8. The van der Waals surface area contributed by atoms with Gasteiger partial charge in [-0.25, -0.2) is 0 Å². The number of aryl methyl sites for hydroxylation is 1. The van der Waals surface area contributed by atoms with E-state index >= 15 is 0 Å². The Kier molecular flexibility index (Phi) is 3.00. The van der Waals surface area contributed by atoms with Crippen LogP contribution in [0.5, 0.6) is 0 Å². The highest BCUT2D eigenvalue weighted by molar-refractivity contribution is 5.96. The molecule has 1 N–H and O–H groups in total. The Hall–Kier alpha value is -2.03. The monoisotopic (exact) mass is 229 g/mol. The van der Waals surface area contributed by atoms with Gasteiger partial charge in [-0.3, -0.25) is 4.79 Å². The molecule has 2 rings (SSSR count). The molecule has 0 fully saturated rings. The smallest absolute Gasteiger partial charge is 0.287 e. The summed E-state index contributed by atoms with van der Waals surface area (Å²) >= 11 is 0. The number of furan rings is 1. The minimum absolute atomic E-state index is 0.207. The van der Waals surface area contributed by atoms with Crippen molar-refractivity contribution < 1.29 is 9.21 Å². The molecule has 0 saturated heterocycles. The van der Waals surface area contributed by atoms with Crippen LogP contribution in [0.15, 0.2) is 40.8 Å². The minimum Gasteiger partial charge on any atom is -0.451 e. The second kappa shape index (κ2) is 4.45. The lowest BCUT2D eigenvalue weighted by molar-refractivity contribution is 0.0931. The standard InChI is InChI=1S/C14H15NO2/c1-9(2)8-15-14(16)13-7-11-6-10(3)4-5-12(11)17-13/h4-7H,1,8H2,2-3H3,(H,15,16). The van der Waals surface area contributed by atoms with Crippen LogP contribution >= 0.6 is 0 Å². The van der Waals surface area contributed by atoms with Crippen molar-refractivity contribution in [1.29, 1.82) is 0 Å². The zero-order valence-corrected chi connectivity index (χ0v) is 10.0. The van der Waals surface area contributed by atoms with Crippen molar-refractivity contribution in [3.8, 4) is 0 Å². The van der Waals surface area contributed by atoms with Gasteiger partial charge < -0.3 is 9.73 Å². The molecule has 0 aliphatic carbocycles. The maximum atomic E-state index is 11.8. The largest absolute Gasteiger partial charge is 0.451 e. The van der Waals surface area contributed by atoms with Gasteiger partial charge in [-0.15, -0.1) is 0 Å². The number of rotatable bonds is 3. The zero-order chi connectivity index (χ0) is 12.4. The molecule has 88 valence electrons. The van der Waals surface area contributed by atoms with E-state index in [4.69, 9.17) is 4.42 Å². The van der Waals surface area contributed by atoms with Crippen molar-refractivity contribution in [2.75, 3.05) is 6.54 Å². The molecule has 1 heterocycles. The van der Waals surface area contributed by atoms with Gasteiger partial charge in [0.1, 0.15) is 5.58 Å². The Morgan fingerprint density at radius 2 is 2.18 bits per heavy atom. The van der Waals surface area contributed by atoms with Gasteiger partial charge in [-0.05, 0) is 32.0 Å². The number of carbonyl (C=O) groups is 1. The fourth-order valence-corrected chi connectivity index (χ4v) is 1.59. The Morgan fingerprint density at radius 3 is 2.88 bits per heavy atom. The van der Waals surface area contributed by atoms with E-state index in [1.165, 1.54) is 0 Å². The summed E-state index contributed by atoms with van der Waals surface area (Å²) < 4.78 is 5.48. The Morgan fingerprint density at radius 1 is 1.41 bits per heavy atom. The number of hydrogen-bond acceptors (Lipinski definition) is 2. The Balaban J connectivity index is 2.24. The highest BCUT2D eigenvalue weighted by Crippen LogP contribution is 2.20. The summed E-state index contributed by atoms with van der Waals surface area (Å²) in [5, 5.41) is 3.69. The second-order valence-corrected chi connectivity index (χ2v) is 4.29. The van der Waals surface area contributed by atoms with E-state index in [1.807, 2.05) is 32.0 Å². The van der Waals surface area contributed by atoms with E-state index in [2.05, 4.69) is 11.9 Å². The number of fused-ring (bicyclic) bond motifs is 1. The van der Waals surface area contributed by atoms with Crippen LogP contribution in [0, 0.1) is 6.92 Å². The van der Waals surface area contributed by atoms with Gasteiger partial charge in [-0.2, -0.15) is 0 Å². The number of benzene rings is 1. The first-order chi connectivity index (χ1) is 8.06. The summed E-state index contributed by atoms with van der Waals surface area (Å²) in [5.74, 6) is 0.133. The maximum Gasteiger partial charge on any atom is 0.287 e. The van der Waals surface area contributed by atoms with Crippen LogP contribution in [0.25, 0.3) is 11.0 Å². The molecule has 2 aromatic rings. The first-order valence-electron chi connectivity index (χ1n) is 5.49. The van der Waals surface area contributed by atoms with E-state index in [-0.39, 0.29) is 5.91 Å². The van der Waals surface area contributed by atoms with Crippen molar-refractivity contribution in [1.82, 2.24) is 5.32 Å². The molecule has 0 radical (unpaired) electrons. The van der Waals surface area contributed by atoms with Gasteiger partial charge in [0.05, 0.1) is 0 Å². The molecule has 0 unspecified atom stereocenters. The van der Waals surface area contributed by atoms with E-state index in [9.17, 15) is 4.79 Å². The SMILES string of the molecule is C=C(C)CNC(=O)c1cc2cc(C)ccc2o1. The van der Waals surface area contributed by atoms with Crippen LogP contribution < -0.4 is 5.32 Å². The average molecular weight is 229 g/mol. The molecule has 0 atom stereocenters. The van der Waals surface area contributed by atoms with Crippen LogP contribution in [-0.2, 0) is 0 Å². The van der Waals surface area contributed by atoms with Gasteiger partial charge in [0.15, 0.2) is 5.76 Å². The fraction of sp³-hybridized carbons (Fsp3) is 0.214. The van der Waals surface area contributed by atoms with Crippen molar-refractivity contribution >= 4 is 16.9 Å². The lowest BCUT2D eigenvalue weighted by Crippen LogP contribution is -2.24. The number of carbonyl (C=O) groups excluding carboxylic acids is 1. The molecule has 0 saturated carbocycles. The lowest BCUT2D eigenvalue weighted by atomic mass is 10.2. The summed E-state index contributed by atoms with van der Waals surface area (Å²) in [6, 6.07) is 7.59. The molecule has 0 aliphatic rings. The van der Waals surface area contributed by atoms with Crippen LogP contribution in [0.4, 0.5) is 0 Å². The molecular formula is C14H15NO2. The van der Waals surface area contributed by atoms with Gasteiger partial charge in [0.2, 0.25) is 0 Å². The number of hydrogen-bond donors (Lipinski definition) is 1. The van der Waals surface area contributed by atoms with Gasteiger partial charge in [0, 0.05) is 11.9 Å². The molecule has 1 aromatic heterocycles. The van der Waals surface area contributed by atoms with Crippen LogP contribution in [0.3, 0.4) is 0 Å². The molecule has 1 aromatic carbocycles. The van der Waals surface area contributed by atoms with Crippen LogP contribution in [-0.4, -0.2) is 12.5 Å². The zero-order valence-electron chi connectivity index (χ0n) is 10.0. The summed E-state index contributed by atoms with van der Waals surface area (Å²) in [4.78, 5) is 11.8. The third-order valence-corrected chi connectivity index (χ3v) is 2.45. The van der Waals surface area contributed by atoms with Gasteiger partial charge in [0.25, 0.3) is 5.91 Å². The molecular weight excluding hydrogens is 214 g/mol. The topological polar surface area (TPSA) is 42.2 Å². The summed E-state index contributed by atoms with van der Waals surface area (Å²) in [6.45, 7) is 8.07. The molecule has 3 heteroatoms. The molecule has 0 spiro atoms. The summed E-state index contributed by atoms with van der Waals surface area (Å²) in [7, 11) is 0. The normalized spacial score (nSPS) is 10.5. The van der Waals surface area contributed by atoms with Gasteiger partial charge >= 0.3 is 0 Å². The number of nitrogens with one attached hydrogen (secondary N) is 1. The van der Waals surface area contributed by atoms with E-state index in [0.717, 1.165) is 22.1 Å². The Labute approximate surface area is 100 Å². The van der Waals surface area contributed by atoms with Crippen molar-refractivity contribution in [3.63, 3.8) is 0 Å². The first kappa shape index (κ1) is 11.5. The predicted octanol–water partition coefficient (Wildman–Crippen LogP) is 3.05. The van der Waals surface area contributed by atoms with E-state index in [0.29, 0.717) is 12.3 Å². The minimum atomic E-state index is -0.207. The van der Waals surface area contributed by atoms with E-state index < -0.39 is 0 Å². The van der Waals surface area contributed by atoms with E-state index in [1.54, 1.807) is 6.07 Å². The van der Waals surface area contributed by atoms with Crippen molar-refractivity contribution in [2.24, 2.45) is 0 Å². The second-order valence-electron chi connectivity index (χ2n) is 4.29. The highest BCUT2D eigenvalue weighted by atomic mass is 16.3. The average Bonchev–Trinajstić information content (AvgIpc) is 2.68. The lowest BCUT2D eigenvalue weighted by Gasteiger charge is -2.00. The summed E-state index contributed by atoms with van der Waals surface area (Å²) in [5.41, 5.74) is 2.79. The van der Waals surface area contributed by atoms with Crippen molar-refractivity contribution in [3.05, 3.63) is 47.7 Å². The Bertz CT molecular complexity index is 581. The highest BCUT2D eigenvalue weighted by Gasteiger charge is 2.11. The predicted molar refractivity (Wildman–Crippen MR) is 68.1 cm³/mol. The fourth-order valence-electron chi connectivity index (χ4n) is 1.59. The molecule has 1 amide bonds. The van der Waals surface area contributed by atoms with Crippen LogP contribution in [0.2, 0.25) is 0 Å². The molecule has 3 nitrogen and oxygen atoms in total. The third kappa shape index (κ3) is 2.56. The molecule has 0 bridgehead atoms. The third-order valence-electron chi connectivity index (χ3n) is 2.45. The van der Waals surface area contributed by atoms with Gasteiger partial charge in [-0.1, -0.05) is 23.8 Å². The summed E-state index contributed by atoms with van der Waals surface area (Å²) in [6.07, 6.45) is 0. The molecule has 17 heavy (non-hydrogen) atoms. The quantitative estimate of drug-likeness (QED) is 0.822. The first-order valence-corrected chi connectivity index (χ1v) is 5.49. The van der Waals surface area contributed by atoms with Crippen molar-refractivity contribution in [2.45, 2.75) is 13.8 Å². The van der Waals surface area contributed by atoms with Crippen LogP contribution in [0.1, 0.15) is 23.0 Å². The number of amides is 1. The molecule has 0 aliphatic heterocycles.